The van der Waals surface area contributed by atoms with Gasteiger partial charge in [-0.2, -0.15) is 4.31 Å². The van der Waals surface area contributed by atoms with Gasteiger partial charge in [0.15, 0.2) is 10.8 Å². The molecule has 2 aromatic rings. The molecule has 1 radical (unpaired) electrons. The molecular weight excluding hydrogens is 374 g/mol. The summed E-state index contributed by atoms with van der Waals surface area (Å²) in [4.78, 5) is 28.2. The first-order valence-electron chi connectivity index (χ1n) is 8.10. The van der Waals surface area contributed by atoms with E-state index in [1.165, 1.54) is 0 Å². The topological polar surface area (TPSA) is 96.4 Å². The molecule has 137 valence electrons. The number of hydrogen-bond acceptors (Lipinski definition) is 6. The molecule has 1 N–H and O–H groups in total. The van der Waals surface area contributed by atoms with E-state index in [1.54, 1.807) is 5.38 Å². The predicted octanol–water partition coefficient (Wildman–Crippen LogP) is 0.746. The van der Waals surface area contributed by atoms with Gasteiger partial charge in [0.05, 0.1) is 12.3 Å². The van der Waals surface area contributed by atoms with Gasteiger partial charge in [-0.25, -0.2) is 13.4 Å². The van der Waals surface area contributed by atoms with Gasteiger partial charge in [0.2, 0.25) is 15.9 Å². The molecule has 26 heavy (non-hydrogen) atoms. The summed E-state index contributed by atoms with van der Waals surface area (Å²) in [7, 11) is -3.75. The van der Waals surface area contributed by atoms with Crippen molar-refractivity contribution in [3.05, 3.63) is 52.5 Å². The molecule has 9 heteroatoms. The number of nitrogens with zero attached hydrogens (tertiary/aromatic N) is 2. The number of piperazine rings is 1. The van der Waals surface area contributed by atoms with Gasteiger partial charge in [-0.15, -0.1) is 11.3 Å². The molecule has 0 spiro atoms. The van der Waals surface area contributed by atoms with Crippen molar-refractivity contribution >= 4 is 33.1 Å². The average Bonchev–Trinajstić information content (AvgIpc) is 3.16. The van der Waals surface area contributed by atoms with E-state index in [4.69, 9.17) is 0 Å². The first-order chi connectivity index (χ1) is 12.5. The third-order valence-corrected chi connectivity index (χ3v) is 6.77. The standard InChI is InChI=1S/C17H18N3O4S2/c21-15-11-20(8-6-18-15)26(23,24)12-14(10-13-4-2-1-3-5-13)16(22)17-19-7-9-25-17/h1-5,9,14H,6,8,10-12H2,(H,18,21)/t14-/m0/s1. The van der Waals surface area contributed by atoms with Crippen molar-refractivity contribution in [3.63, 3.8) is 0 Å². The Morgan fingerprint density at radius 1 is 1.35 bits per heavy atom. The number of Topliss-reactive ketones (excluding diaryl/α,β-unsaturated/α-hetero) is 1. The lowest BCUT2D eigenvalue weighted by molar-refractivity contribution is -0.122. The maximum atomic E-state index is 12.8. The fraction of sp³-hybridized carbons (Fsp3) is 0.353. The SMILES string of the molecule is O=C1CN(S(=O)(=O)C[C@H](Cc2ccccc2)C(=O)c2n[c]cs2)CCN1. The van der Waals surface area contributed by atoms with Crippen LogP contribution in [0.3, 0.4) is 0 Å². The molecule has 1 aliphatic rings. The van der Waals surface area contributed by atoms with E-state index in [0.717, 1.165) is 21.2 Å². The van der Waals surface area contributed by atoms with Crippen LogP contribution in [0.4, 0.5) is 0 Å². The van der Waals surface area contributed by atoms with Crippen molar-refractivity contribution in [2.24, 2.45) is 5.92 Å². The van der Waals surface area contributed by atoms with Crippen LogP contribution in [-0.4, -0.2) is 54.8 Å². The number of carbonyl (C=O) groups excluding carboxylic acids is 2. The normalized spacial score (nSPS) is 16.8. The predicted molar refractivity (Wildman–Crippen MR) is 97.3 cm³/mol. The number of ketones is 1. The van der Waals surface area contributed by atoms with Crippen LogP contribution in [0.2, 0.25) is 0 Å². The van der Waals surface area contributed by atoms with E-state index in [0.29, 0.717) is 6.42 Å². The quantitative estimate of drug-likeness (QED) is 0.702. The van der Waals surface area contributed by atoms with Gasteiger partial charge in [0.25, 0.3) is 0 Å². The Morgan fingerprint density at radius 2 is 2.12 bits per heavy atom. The van der Waals surface area contributed by atoms with Gasteiger partial charge in [-0.3, -0.25) is 9.59 Å². The van der Waals surface area contributed by atoms with Crippen molar-refractivity contribution in [3.8, 4) is 0 Å². The van der Waals surface area contributed by atoms with E-state index in [9.17, 15) is 18.0 Å². The summed E-state index contributed by atoms with van der Waals surface area (Å²) in [6, 6.07) is 9.26. The highest BCUT2D eigenvalue weighted by Gasteiger charge is 2.33. The lowest BCUT2D eigenvalue weighted by Gasteiger charge is -2.27. The second-order valence-electron chi connectivity index (χ2n) is 5.99. The van der Waals surface area contributed by atoms with Gasteiger partial charge in [0, 0.05) is 24.4 Å². The van der Waals surface area contributed by atoms with Gasteiger partial charge in [0.1, 0.15) is 6.20 Å². The van der Waals surface area contributed by atoms with Crippen molar-refractivity contribution in [2.45, 2.75) is 6.42 Å². The van der Waals surface area contributed by atoms with Crippen LogP contribution in [0, 0.1) is 12.1 Å². The Hall–Kier alpha value is -2.10. The van der Waals surface area contributed by atoms with Crippen LogP contribution in [0.1, 0.15) is 15.4 Å². The number of rotatable bonds is 7. The molecule has 1 saturated heterocycles. The number of aromatic nitrogens is 1. The largest absolute Gasteiger partial charge is 0.354 e. The number of carbonyl (C=O) groups is 2. The molecule has 1 aliphatic heterocycles. The maximum absolute atomic E-state index is 12.8. The number of hydrogen-bond donors (Lipinski definition) is 1. The summed E-state index contributed by atoms with van der Waals surface area (Å²) in [6.45, 7) is 0.280. The minimum atomic E-state index is -3.75. The van der Waals surface area contributed by atoms with Crippen LogP contribution in [-0.2, 0) is 21.2 Å². The van der Waals surface area contributed by atoms with Crippen molar-refractivity contribution in [1.29, 1.82) is 0 Å². The minimum Gasteiger partial charge on any atom is -0.354 e. The Labute approximate surface area is 156 Å². The monoisotopic (exact) mass is 392 g/mol. The zero-order valence-electron chi connectivity index (χ0n) is 13.9. The average molecular weight is 392 g/mol. The summed E-state index contributed by atoms with van der Waals surface area (Å²) in [6.07, 6.45) is 2.89. The molecule has 1 atom stereocenters. The highest BCUT2D eigenvalue weighted by molar-refractivity contribution is 7.89. The lowest BCUT2D eigenvalue weighted by Crippen LogP contribution is -2.51. The zero-order chi connectivity index (χ0) is 18.6. The number of sulfonamides is 1. The van der Waals surface area contributed by atoms with Crippen LogP contribution in [0.15, 0.2) is 35.7 Å². The molecule has 3 rings (SSSR count). The summed E-state index contributed by atoms with van der Waals surface area (Å²) >= 11 is 1.14. The molecule has 0 aliphatic carbocycles. The second kappa shape index (κ2) is 8.07. The van der Waals surface area contributed by atoms with Crippen LogP contribution >= 0.6 is 11.3 Å². The first-order valence-corrected chi connectivity index (χ1v) is 10.6. The molecule has 7 nitrogen and oxygen atoms in total. The molecule has 0 unspecified atom stereocenters. The molecule has 0 saturated carbocycles. The number of thiazole rings is 1. The molecule has 1 aromatic heterocycles. The second-order valence-corrected chi connectivity index (χ2v) is 8.87. The number of benzene rings is 1. The van der Waals surface area contributed by atoms with E-state index in [-0.39, 0.29) is 42.1 Å². The molecule has 2 heterocycles. The summed E-state index contributed by atoms with van der Waals surface area (Å²) in [5, 5.41) is 4.41. The van der Waals surface area contributed by atoms with Gasteiger partial charge in [-0.05, 0) is 12.0 Å². The van der Waals surface area contributed by atoms with Crippen molar-refractivity contribution in [2.75, 3.05) is 25.4 Å². The van der Waals surface area contributed by atoms with Crippen LogP contribution in [0.25, 0.3) is 0 Å². The van der Waals surface area contributed by atoms with Crippen LogP contribution in [0.5, 0.6) is 0 Å². The maximum Gasteiger partial charge on any atom is 0.235 e. The van der Waals surface area contributed by atoms with E-state index < -0.39 is 15.9 Å². The van der Waals surface area contributed by atoms with Gasteiger partial charge in [-0.1, -0.05) is 30.3 Å². The third-order valence-electron chi connectivity index (χ3n) is 4.10. The Morgan fingerprint density at radius 3 is 2.77 bits per heavy atom. The van der Waals surface area contributed by atoms with Crippen LogP contribution < -0.4 is 5.32 Å². The summed E-state index contributed by atoms with van der Waals surface area (Å²) in [5.41, 5.74) is 0.873. The molecule has 1 amide bonds. The van der Waals surface area contributed by atoms with E-state index in [1.807, 2.05) is 30.3 Å². The fourth-order valence-corrected chi connectivity index (χ4v) is 5.10. The summed E-state index contributed by atoms with van der Waals surface area (Å²) < 4.78 is 26.7. The minimum absolute atomic E-state index is 0.209. The van der Waals surface area contributed by atoms with E-state index in [2.05, 4.69) is 16.5 Å². The molecular formula is C17H18N3O4S2. The molecule has 0 bridgehead atoms. The smallest absolute Gasteiger partial charge is 0.235 e. The Bertz CT molecular complexity index is 867. The Balaban J connectivity index is 1.82. The van der Waals surface area contributed by atoms with Gasteiger partial charge >= 0.3 is 0 Å². The highest BCUT2D eigenvalue weighted by Crippen LogP contribution is 2.20. The zero-order valence-corrected chi connectivity index (χ0v) is 15.6. The van der Waals surface area contributed by atoms with E-state index >= 15 is 0 Å². The van der Waals surface area contributed by atoms with Crippen molar-refractivity contribution in [1.82, 2.24) is 14.6 Å². The lowest BCUT2D eigenvalue weighted by atomic mass is 9.97. The first kappa shape index (κ1) is 18.7. The molecule has 1 fully saturated rings. The third kappa shape index (κ3) is 4.54. The van der Waals surface area contributed by atoms with Gasteiger partial charge < -0.3 is 5.32 Å². The highest BCUT2D eigenvalue weighted by atomic mass is 32.2. The number of nitrogens with one attached hydrogen (secondary N) is 1. The fourth-order valence-electron chi connectivity index (χ4n) is 2.82. The van der Waals surface area contributed by atoms with Crippen molar-refractivity contribution < 1.29 is 18.0 Å². The summed E-state index contributed by atoms with van der Waals surface area (Å²) in [5.74, 6) is -1.77. The molecule has 1 aromatic carbocycles. The number of amides is 1. The Kier molecular flexibility index (Phi) is 5.80.